The number of fused-ring (bicyclic) bond motifs is 5. The zero-order valence-corrected chi connectivity index (χ0v) is 7.25. The van der Waals surface area contributed by atoms with Crippen molar-refractivity contribution in [3.8, 4) is 0 Å². The number of rotatable bonds is 0. The van der Waals surface area contributed by atoms with Crippen molar-refractivity contribution in [3.63, 3.8) is 0 Å². The van der Waals surface area contributed by atoms with Crippen LogP contribution < -0.4 is 5.32 Å². The standard InChI is InChI=1S/C10H15NO/c12-10-5-6-4-9(11-10)8-3-1-2-7(6)8/h6-9H,1-5H2,(H,11,12). The smallest absolute Gasteiger partial charge is 0.220 e. The highest BCUT2D eigenvalue weighted by Crippen LogP contribution is 2.50. The number of piperidine rings is 1. The van der Waals surface area contributed by atoms with E-state index in [0.29, 0.717) is 11.9 Å². The van der Waals surface area contributed by atoms with Gasteiger partial charge in [-0.05, 0) is 37.0 Å². The van der Waals surface area contributed by atoms with E-state index in [1.807, 2.05) is 0 Å². The third kappa shape index (κ3) is 0.782. The summed E-state index contributed by atoms with van der Waals surface area (Å²) in [5, 5.41) is 3.14. The number of hydrogen-bond acceptors (Lipinski definition) is 1. The van der Waals surface area contributed by atoms with Crippen molar-refractivity contribution in [2.45, 2.75) is 38.1 Å². The first kappa shape index (κ1) is 6.93. The summed E-state index contributed by atoms with van der Waals surface area (Å²) in [5.74, 6) is 2.80. The van der Waals surface area contributed by atoms with Gasteiger partial charge in [0, 0.05) is 12.5 Å². The Hall–Kier alpha value is -0.530. The number of amides is 1. The molecule has 1 saturated heterocycles. The Morgan fingerprint density at radius 2 is 2.08 bits per heavy atom. The Kier molecular flexibility index (Phi) is 1.29. The molecule has 2 nitrogen and oxygen atoms in total. The van der Waals surface area contributed by atoms with Gasteiger partial charge in [0.2, 0.25) is 5.91 Å². The molecule has 1 aliphatic heterocycles. The molecule has 0 spiro atoms. The first-order valence-electron chi connectivity index (χ1n) is 5.14. The maximum atomic E-state index is 11.2. The molecular formula is C10H15NO. The second kappa shape index (κ2) is 2.24. The topological polar surface area (TPSA) is 29.1 Å². The van der Waals surface area contributed by atoms with E-state index in [2.05, 4.69) is 5.32 Å². The predicted octanol–water partition coefficient (Wildman–Crippen LogP) is 1.31. The molecule has 1 heterocycles. The van der Waals surface area contributed by atoms with E-state index in [4.69, 9.17) is 0 Å². The molecule has 3 aliphatic rings. The minimum Gasteiger partial charge on any atom is -0.353 e. The number of nitrogens with one attached hydrogen (secondary N) is 1. The van der Waals surface area contributed by atoms with Gasteiger partial charge in [-0.3, -0.25) is 4.79 Å². The summed E-state index contributed by atoms with van der Waals surface area (Å²) in [5.41, 5.74) is 0. The van der Waals surface area contributed by atoms with Gasteiger partial charge in [-0.15, -0.1) is 0 Å². The summed E-state index contributed by atoms with van der Waals surface area (Å²) in [4.78, 5) is 11.2. The molecule has 1 N–H and O–H groups in total. The predicted molar refractivity (Wildman–Crippen MR) is 45.5 cm³/mol. The fraction of sp³-hybridized carbons (Fsp3) is 0.900. The van der Waals surface area contributed by atoms with E-state index in [9.17, 15) is 4.79 Å². The zero-order chi connectivity index (χ0) is 8.13. The van der Waals surface area contributed by atoms with E-state index in [-0.39, 0.29) is 0 Å². The van der Waals surface area contributed by atoms with Gasteiger partial charge in [0.05, 0.1) is 0 Å². The van der Waals surface area contributed by atoms with Crippen molar-refractivity contribution >= 4 is 5.91 Å². The zero-order valence-electron chi connectivity index (χ0n) is 7.25. The summed E-state index contributed by atoms with van der Waals surface area (Å²) in [6.45, 7) is 0. The Morgan fingerprint density at radius 3 is 3.00 bits per heavy atom. The van der Waals surface area contributed by atoms with Gasteiger partial charge in [0.25, 0.3) is 0 Å². The molecule has 0 aromatic carbocycles. The average Bonchev–Trinajstić information content (AvgIpc) is 2.56. The molecule has 2 saturated carbocycles. The molecule has 0 radical (unpaired) electrons. The molecule has 1 amide bonds. The van der Waals surface area contributed by atoms with Gasteiger partial charge in [0.15, 0.2) is 0 Å². The van der Waals surface area contributed by atoms with E-state index in [1.165, 1.54) is 25.7 Å². The molecule has 2 heteroatoms. The van der Waals surface area contributed by atoms with Crippen LogP contribution in [0.4, 0.5) is 0 Å². The highest BCUT2D eigenvalue weighted by Gasteiger charge is 2.49. The van der Waals surface area contributed by atoms with Crippen molar-refractivity contribution in [2.24, 2.45) is 17.8 Å². The van der Waals surface area contributed by atoms with Gasteiger partial charge in [-0.2, -0.15) is 0 Å². The van der Waals surface area contributed by atoms with Gasteiger partial charge in [-0.1, -0.05) is 6.42 Å². The van der Waals surface area contributed by atoms with Crippen LogP contribution in [0.25, 0.3) is 0 Å². The van der Waals surface area contributed by atoms with Crippen LogP contribution in [0.1, 0.15) is 32.1 Å². The Balaban J connectivity index is 1.90. The molecule has 12 heavy (non-hydrogen) atoms. The van der Waals surface area contributed by atoms with Crippen LogP contribution in [0, 0.1) is 17.8 Å². The van der Waals surface area contributed by atoms with Crippen molar-refractivity contribution < 1.29 is 4.79 Å². The molecule has 3 rings (SSSR count). The monoisotopic (exact) mass is 165 g/mol. The van der Waals surface area contributed by atoms with Crippen LogP contribution in [-0.4, -0.2) is 11.9 Å². The quantitative estimate of drug-likeness (QED) is 0.576. The Bertz CT molecular complexity index is 206. The Morgan fingerprint density at radius 1 is 1.25 bits per heavy atom. The van der Waals surface area contributed by atoms with Gasteiger partial charge >= 0.3 is 0 Å². The van der Waals surface area contributed by atoms with Crippen LogP contribution in [0.15, 0.2) is 0 Å². The van der Waals surface area contributed by atoms with Crippen LogP contribution in [-0.2, 0) is 4.79 Å². The van der Waals surface area contributed by atoms with Crippen LogP contribution in [0.5, 0.6) is 0 Å². The van der Waals surface area contributed by atoms with Crippen molar-refractivity contribution in [2.75, 3.05) is 0 Å². The fourth-order valence-electron chi connectivity index (χ4n) is 3.68. The highest BCUT2D eigenvalue weighted by molar-refractivity contribution is 5.78. The lowest BCUT2D eigenvalue weighted by Gasteiger charge is -2.22. The largest absolute Gasteiger partial charge is 0.353 e. The summed E-state index contributed by atoms with van der Waals surface area (Å²) in [7, 11) is 0. The maximum absolute atomic E-state index is 11.2. The molecule has 4 unspecified atom stereocenters. The second-order valence-electron chi connectivity index (χ2n) is 4.63. The third-order valence-corrected chi connectivity index (χ3v) is 4.10. The molecule has 66 valence electrons. The molecule has 4 atom stereocenters. The van der Waals surface area contributed by atoms with E-state index in [1.54, 1.807) is 0 Å². The van der Waals surface area contributed by atoms with Crippen LogP contribution in [0.2, 0.25) is 0 Å². The van der Waals surface area contributed by atoms with E-state index >= 15 is 0 Å². The maximum Gasteiger partial charge on any atom is 0.220 e. The number of carbonyl (C=O) groups is 1. The molecule has 0 aromatic rings. The van der Waals surface area contributed by atoms with Crippen molar-refractivity contribution in [1.29, 1.82) is 0 Å². The molecule has 0 aromatic heterocycles. The summed E-state index contributed by atoms with van der Waals surface area (Å²) >= 11 is 0. The minimum absolute atomic E-state index is 0.311. The van der Waals surface area contributed by atoms with Gasteiger partial charge < -0.3 is 5.32 Å². The lowest BCUT2D eigenvalue weighted by molar-refractivity contribution is -0.124. The number of hydrogen-bond donors (Lipinski definition) is 1. The van der Waals surface area contributed by atoms with Crippen molar-refractivity contribution in [1.82, 2.24) is 5.32 Å². The van der Waals surface area contributed by atoms with Crippen molar-refractivity contribution in [3.05, 3.63) is 0 Å². The average molecular weight is 165 g/mol. The van der Waals surface area contributed by atoms with Gasteiger partial charge in [0.1, 0.15) is 0 Å². The molecule has 3 fully saturated rings. The fourth-order valence-corrected chi connectivity index (χ4v) is 3.68. The molecule has 2 bridgehead atoms. The van der Waals surface area contributed by atoms with E-state index < -0.39 is 0 Å². The summed E-state index contributed by atoms with van der Waals surface area (Å²) in [6.07, 6.45) is 6.25. The molecule has 2 aliphatic carbocycles. The third-order valence-electron chi connectivity index (χ3n) is 4.10. The second-order valence-corrected chi connectivity index (χ2v) is 4.63. The SMILES string of the molecule is O=C1CC2CC(N1)C1CCCC21. The van der Waals surface area contributed by atoms with Crippen LogP contribution >= 0.6 is 0 Å². The lowest BCUT2D eigenvalue weighted by atomic mass is 9.90. The summed E-state index contributed by atoms with van der Waals surface area (Å²) < 4.78 is 0. The van der Waals surface area contributed by atoms with Gasteiger partial charge in [-0.25, -0.2) is 0 Å². The summed E-state index contributed by atoms with van der Waals surface area (Å²) in [6, 6.07) is 0.559. The minimum atomic E-state index is 0.311. The Labute approximate surface area is 72.7 Å². The number of carbonyl (C=O) groups excluding carboxylic acids is 1. The van der Waals surface area contributed by atoms with Crippen LogP contribution in [0.3, 0.4) is 0 Å². The first-order chi connectivity index (χ1) is 5.84. The molecular weight excluding hydrogens is 150 g/mol. The normalized spacial score (nSPS) is 50.5. The highest BCUT2D eigenvalue weighted by atomic mass is 16.1. The first-order valence-corrected chi connectivity index (χ1v) is 5.14. The lowest BCUT2D eigenvalue weighted by Crippen LogP contribution is -2.39. The van der Waals surface area contributed by atoms with E-state index in [0.717, 1.165) is 24.2 Å².